The van der Waals surface area contributed by atoms with E-state index in [1.54, 1.807) is 0 Å². The van der Waals surface area contributed by atoms with Crippen molar-refractivity contribution in [2.75, 3.05) is 4.90 Å². The molecule has 16 rings (SSSR count). The molecule has 1 aromatic heterocycles. The highest BCUT2D eigenvalue weighted by atomic mass is 16.5. The van der Waals surface area contributed by atoms with Gasteiger partial charge in [0.2, 0.25) is 0 Å². The third kappa shape index (κ3) is 5.29. The molecule has 0 radical (unpaired) electrons. The number of hydrogen-bond acceptors (Lipinski definition) is 2. The van der Waals surface area contributed by atoms with Crippen molar-refractivity contribution in [3.8, 4) is 50.6 Å². The summed E-state index contributed by atoms with van der Waals surface area (Å²) in [6, 6.07) is 85.2. The Kier molecular flexibility index (Phi) is 7.95. The summed E-state index contributed by atoms with van der Waals surface area (Å²) in [6.45, 7) is 4.82. The molecule has 336 valence electrons. The lowest BCUT2D eigenvalue weighted by molar-refractivity contribution is 0.477. The van der Waals surface area contributed by atoms with Crippen LogP contribution in [-0.4, -0.2) is 4.57 Å². The van der Waals surface area contributed by atoms with Crippen molar-refractivity contribution in [1.82, 2.24) is 4.57 Å². The second-order valence-corrected chi connectivity index (χ2v) is 20.3. The fourth-order valence-corrected chi connectivity index (χ4v) is 13.2. The molecule has 14 aromatic rings. The zero-order valence-corrected chi connectivity index (χ0v) is 39.7. The summed E-state index contributed by atoms with van der Waals surface area (Å²) in [4.78, 5) is 2.43. The second-order valence-electron chi connectivity index (χ2n) is 20.3. The first-order valence-electron chi connectivity index (χ1n) is 25.1. The minimum absolute atomic E-state index is 0.159. The Morgan fingerprint density at radius 1 is 0.361 bits per heavy atom. The lowest BCUT2D eigenvalue weighted by atomic mass is 9.78. The number of ether oxygens (including phenoxy) is 1. The van der Waals surface area contributed by atoms with Crippen molar-refractivity contribution >= 4 is 92.7 Å². The lowest BCUT2D eigenvalue weighted by Gasteiger charge is -2.35. The molecule has 0 spiro atoms. The normalized spacial score (nSPS) is 13.6. The molecule has 0 bridgehead atoms. The molecule has 72 heavy (non-hydrogen) atoms. The molecule has 0 saturated carbocycles. The van der Waals surface area contributed by atoms with Crippen molar-refractivity contribution in [2.24, 2.45) is 0 Å². The zero-order chi connectivity index (χ0) is 47.4. The molecule has 13 aromatic carbocycles. The van der Waals surface area contributed by atoms with E-state index in [0.717, 1.165) is 39.7 Å². The highest BCUT2D eigenvalue weighted by molar-refractivity contribution is 6.28. The average molecular weight is 917 g/mol. The minimum Gasteiger partial charge on any atom is -0.453 e. The van der Waals surface area contributed by atoms with Gasteiger partial charge in [0, 0.05) is 32.3 Å². The molecule has 0 unspecified atom stereocenters. The van der Waals surface area contributed by atoms with Gasteiger partial charge in [-0.3, -0.25) is 0 Å². The van der Waals surface area contributed by atoms with Gasteiger partial charge in [-0.05, 0) is 137 Å². The number of aromatic nitrogens is 1. The number of benzene rings is 13. The topological polar surface area (TPSA) is 17.4 Å². The molecule has 2 aliphatic rings. The van der Waals surface area contributed by atoms with Crippen LogP contribution in [0.4, 0.5) is 17.1 Å². The van der Waals surface area contributed by atoms with Crippen LogP contribution < -0.4 is 9.64 Å². The molecule has 3 nitrogen and oxygen atoms in total. The molecule has 0 saturated heterocycles. The number of nitrogens with zero attached hydrogens (tertiary/aromatic N) is 2. The first-order valence-corrected chi connectivity index (χ1v) is 25.1. The fraction of sp³-hybridized carbons (Fsp3) is 0.0435. The van der Waals surface area contributed by atoms with Crippen LogP contribution in [0.2, 0.25) is 0 Å². The fourth-order valence-electron chi connectivity index (χ4n) is 13.2. The first-order chi connectivity index (χ1) is 35.5. The van der Waals surface area contributed by atoms with Crippen LogP contribution >= 0.6 is 0 Å². The van der Waals surface area contributed by atoms with Gasteiger partial charge < -0.3 is 14.2 Å². The maximum Gasteiger partial charge on any atom is 0.152 e. The Labute approximate surface area is 416 Å². The van der Waals surface area contributed by atoms with Gasteiger partial charge in [0.1, 0.15) is 0 Å². The zero-order valence-electron chi connectivity index (χ0n) is 39.7. The Morgan fingerprint density at radius 3 is 1.82 bits per heavy atom. The highest BCUT2D eigenvalue weighted by Gasteiger charge is 2.38. The molecule has 0 fully saturated rings. The second kappa shape index (κ2) is 14.4. The Hall–Kier alpha value is -9.18. The van der Waals surface area contributed by atoms with Crippen molar-refractivity contribution in [3.05, 3.63) is 242 Å². The van der Waals surface area contributed by atoms with Gasteiger partial charge in [-0.2, -0.15) is 0 Å². The van der Waals surface area contributed by atoms with Crippen LogP contribution in [0.5, 0.6) is 11.5 Å². The third-order valence-corrected chi connectivity index (χ3v) is 16.2. The predicted molar refractivity (Wildman–Crippen MR) is 303 cm³/mol. The van der Waals surface area contributed by atoms with E-state index in [0.29, 0.717) is 0 Å². The van der Waals surface area contributed by atoms with Gasteiger partial charge in [0.15, 0.2) is 11.5 Å². The quantitative estimate of drug-likeness (QED) is 0.129. The number of anilines is 3. The third-order valence-electron chi connectivity index (χ3n) is 16.2. The summed E-state index contributed by atoms with van der Waals surface area (Å²) in [5.41, 5.74) is 16.8. The minimum atomic E-state index is -0.159. The van der Waals surface area contributed by atoms with Gasteiger partial charge in [0.05, 0.1) is 33.8 Å². The Morgan fingerprint density at radius 2 is 0.986 bits per heavy atom. The Bertz CT molecular complexity index is 4580. The Balaban J connectivity index is 0.893. The molecule has 0 amide bonds. The highest BCUT2D eigenvalue weighted by Crippen LogP contribution is 2.57. The van der Waals surface area contributed by atoms with Crippen molar-refractivity contribution < 1.29 is 4.74 Å². The van der Waals surface area contributed by atoms with E-state index in [1.165, 1.54) is 115 Å². The van der Waals surface area contributed by atoms with Crippen molar-refractivity contribution in [1.29, 1.82) is 0 Å². The first kappa shape index (κ1) is 39.6. The van der Waals surface area contributed by atoms with Gasteiger partial charge in [0.25, 0.3) is 0 Å². The molecule has 2 heterocycles. The molecular formula is C69H44N2O. The summed E-state index contributed by atoms with van der Waals surface area (Å²) in [5, 5.41) is 15.1. The molecule has 1 aliphatic heterocycles. The SMILES string of the molecule is CC1(C)c2ccccc2-c2cc3ccc4cccc5c(-n6c7ccccc7c7cc(-c8ccc9c(c8)Oc8ccccc8N9c8c9ccccc9c(-c9ccccc9)c9ccccc89)ccc76)cc(c21)c3c45. The van der Waals surface area contributed by atoms with E-state index in [1.807, 2.05) is 0 Å². The number of rotatable bonds is 4. The average Bonchev–Trinajstić information content (AvgIpc) is 3.88. The number of hydrogen-bond donors (Lipinski definition) is 0. The summed E-state index contributed by atoms with van der Waals surface area (Å²) in [5.74, 6) is 1.65. The maximum absolute atomic E-state index is 6.94. The monoisotopic (exact) mass is 916 g/mol. The number of para-hydroxylation sites is 3. The van der Waals surface area contributed by atoms with Crippen LogP contribution in [0.1, 0.15) is 25.0 Å². The van der Waals surface area contributed by atoms with Crippen LogP contribution in [-0.2, 0) is 5.41 Å². The molecular weight excluding hydrogens is 873 g/mol. The van der Waals surface area contributed by atoms with E-state index in [4.69, 9.17) is 4.74 Å². The summed E-state index contributed by atoms with van der Waals surface area (Å²) >= 11 is 0. The van der Waals surface area contributed by atoms with Gasteiger partial charge in [-0.15, -0.1) is 0 Å². The lowest BCUT2D eigenvalue weighted by Crippen LogP contribution is -2.16. The van der Waals surface area contributed by atoms with E-state index in [-0.39, 0.29) is 5.41 Å². The smallest absolute Gasteiger partial charge is 0.152 e. The van der Waals surface area contributed by atoms with E-state index in [9.17, 15) is 0 Å². The summed E-state index contributed by atoms with van der Waals surface area (Å²) in [7, 11) is 0. The van der Waals surface area contributed by atoms with Gasteiger partial charge in [-0.25, -0.2) is 0 Å². The molecule has 3 heteroatoms. The maximum atomic E-state index is 6.94. The summed E-state index contributed by atoms with van der Waals surface area (Å²) < 4.78 is 9.47. The van der Waals surface area contributed by atoms with Crippen LogP contribution in [0.25, 0.3) is 115 Å². The van der Waals surface area contributed by atoms with Crippen LogP contribution in [0.15, 0.2) is 231 Å². The van der Waals surface area contributed by atoms with E-state index in [2.05, 4.69) is 254 Å². The van der Waals surface area contributed by atoms with Gasteiger partial charge in [-0.1, -0.05) is 190 Å². The predicted octanol–water partition coefficient (Wildman–Crippen LogP) is 19.2. The molecule has 1 aliphatic carbocycles. The van der Waals surface area contributed by atoms with Crippen molar-refractivity contribution in [3.63, 3.8) is 0 Å². The molecule has 0 atom stereocenters. The van der Waals surface area contributed by atoms with E-state index >= 15 is 0 Å². The van der Waals surface area contributed by atoms with Crippen LogP contribution in [0.3, 0.4) is 0 Å². The summed E-state index contributed by atoms with van der Waals surface area (Å²) in [6.07, 6.45) is 0. The van der Waals surface area contributed by atoms with E-state index < -0.39 is 0 Å². The van der Waals surface area contributed by atoms with Crippen molar-refractivity contribution in [2.45, 2.75) is 19.3 Å². The van der Waals surface area contributed by atoms with Crippen LogP contribution in [0, 0.1) is 0 Å². The largest absolute Gasteiger partial charge is 0.453 e. The molecule has 0 N–H and O–H groups in total. The standard InChI is InChI=1S/C69H44N2O/c1-69(2)56-27-12-10-20-46(56)54-38-45-32-31-42-19-16-26-52-61(40-55(67(54)69)66(45)65(42)52)70-57-28-13-11-21-47(57)53-37-43(33-35-58(53)70)44-34-36-60-63(39-44)72-62-30-15-14-29-59(62)71(60)68-50-24-8-6-22-48(50)64(41-17-4-3-5-18-41)49-23-7-9-25-51(49)68/h3-40H,1-2H3. The number of fused-ring (bicyclic) bond motifs is 11. The van der Waals surface area contributed by atoms with Gasteiger partial charge >= 0.3 is 0 Å².